The highest BCUT2D eigenvalue weighted by Crippen LogP contribution is 2.11. The van der Waals surface area contributed by atoms with Crippen molar-refractivity contribution in [2.45, 2.75) is 40.2 Å². The summed E-state index contributed by atoms with van der Waals surface area (Å²) in [4.78, 5) is 25.4. The Labute approximate surface area is 144 Å². The third-order valence-electron chi connectivity index (χ3n) is 3.64. The molecule has 2 N–H and O–H groups in total. The Morgan fingerprint density at radius 2 is 1.79 bits per heavy atom. The first-order valence-electron chi connectivity index (χ1n) is 8.47. The van der Waals surface area contributed by atoms with E-state index in [-0.39, 0.29) is 18.0 Å². The monoisotopic (exact) mass is 335 g/mol. The molecule has 0 bridgehead atoms. The summed E-state index contributed by atoms with van der Waals surface area (Å²) in [5.41, 5.74) is 1.17. The predicted molar refractivity (Wildman–Crippen MR) is 95.2 cm³/mol. The Hall–Kier alpha value is -2.24. The summed E-state index contributed by atoms with van der Waals surface area (Å²) < 4.78 is 5.62. The molecule has 0 radical (unpaired) electrons. The molecular weight excluding hydrogens is 306 g/mol. The highest BCUT2D eigenvalue weighted by Gasteiger charge is 2.11. The van der Waals surface area contributed by atoms with Crippen LogP contribution in [0.15, 0.2) is 24.3 Å². The van der Waals surface area contributed by atoms with E-state index in [1.807, 2.05) is 52.0 Å². The van der Waals surface area contributed by atoms with E-state index in [1.54, 1.807) is 4.90 Å². The van der Waals surface area contributed by atoms with Crippen molar-refractivity contribution in [1.82, 2.24) is 15.5 Å². The van der Waals surface area contributed by atoms with Crippen molar-refractivity contribution in [1.29, 1.82) is 0 Å². The normalized spacial score (nSPS) is 11.5. The first-order chi connectivity index (χ1) is 11.5. The van der Waals surface area contributed by atoms with Gasteiger partial charge in [-0.3, -0.25) is 4.79 Å². The predicted octanol–water partition coefficient (Wildman–Crippen LogP) is 2.32. The van der Waals surface area contributed by atoms with Crippen molar-refractivity contribution in [2.75, 3.05) is 26.2 Å². The van der Waals surface area contributed by atoms with Gasteiger partial charge in [0, 0.05) is 26.1 Å². The van der Waals surface area contributed by atoms with Crippen molar-refractivity contribution < 1.29 is 14.3 Å². The van der Waals surface area contributed by atoms with E-state index in [2.05, 4.69) is 10.6 Å². The van der Waals surface area contributed by atoms with Crippen LogP contribution in [-0.4, -0.2) is 49.1 Å². The van der Waals surface area contributed by atoms with Gasteiger partial charge in [-0.05, 0) is 39.8 Å². The zero-order valence-corrected chi connectivity index (χ0v) is 15.1. The van der Waals surface area contributed by atoms with Crippen LogP contribution in [0.2, 0.25) is 0 Å². The average molecular weight is 335 g/mol. The van der Waals surface area contributed by atoms with E-state index in [0.717, 1.165) is 5.75 Å². The van der Waals surface area contributed by atoms with Gasteiger partial charge in [-0.1, -0.05) is 17.7 Å². The van der Waals surface area contributed by atoms with Gasteiger partial charge in [0.25, 0.3) is 0 Å². The number of urea groups is 1. The number of ether oxygens (including phenoxy) is 1. The van der Waals surface area contributed by atoms with Gasteiger partial charge < -0.3 is 20.3 Å². The summed E-state index contributed by atoms with van der Waals surface area (Å²) in [5.74, 6) is 0.829. The second kappa shape index (κ2) is 10.5. The molecule has 0 heterocycles. The molecule has 1 atom stereocenters. The van der Waals surface area contributed by atoms with E-state index in [4.69, 9.17) is 4.74 Å². The Bertz CT molecular complexity index is 513. The van der Waals surface area contributed by atoms with Gasteiger partial charge in [-0.2, -0.15) is 0 Å². The Kier molecular flexibility index (Phi) is 8.68. The lowest BCUT2D eigenvalue weighted by atomic mass is 10.2. The maximum absolute atomic E-state index is 11.8. The number of carbonyl (C=O) groups is 2. The average Bonchev–Trinajstić information content (AvgIpc) is 2.55. The topological polar surface area (TPSA) is 70.7 Å². The summed E-state index contributed by atoms with van der Waals surface area (Å²) in [6.45, 7) is 9.86. The molecule has 0 aliphatic carbocycles. The molecule has 24 heavy (non-hydrogen) atoms. The van der Waals surface area contributed by atoms with Gasteiger partial charge in [0.15, 0.2) is 0 Å². The van der Waals surface area contributed by atoms with Gasteiger partial charge in [0.1, 0.15) is 12.4 Å². The zero-order chi connectivity index (χ0) is 17.9. The summed E-state index contributed by atoms with van der Waals surface area (Å²) >= 11 is 0. The molecule has 0 aromatic heterocycles. The van der Waals surface area contributed by atoms with Crippen molar-refractivity contribution in [2.24, 2.45) is 0 Å². The quantitative estimate of drug-likeness (QED) is 0.727. The third kappa shape index (κ3) is 7.35. The lowest BCUT2D eigenvalue weighted by Crippen LogP contribution is -2.44. The lowest BCUT2D eigenvalue weighted by molar-refractivity contribution is -0.130. The second-order valence-corrected chi connectivity index (χ2v) is 5.74. The SMILES string of the molecule is CCN(CC)C(=O)CCNC(=O)N[C@H](C)COc1ccc(C)cc1. The van der Waals surface area contributed by atoms with Gasteiger partial charge >= 0.3 is 6.03 Å². The number of aryl methyl sites for hydroxylation is 1. The van der Waals surface area contributed by atoms with Crippen molar-refractivity contribution >= 4 is 11.9 Å². The third-order valence-corrected chi connectivity index (χ3v) is 3.64. The standard InChI is InChI=1S/C18H29N3O3/c1-5-21(6-2)17(22)11-12-19-18(23)20-15(4)13-24-16-9-7-14(3)8-10-16/h7-10,15H,5-6,11-13H2,1-4H3,(H2,19,20,23)/t15-/m1/s1. The van der Waals surface area contributed by atoms with Crippen LogP contribution in [-0.2, 0) is 4.79 Å². The smallest absolute Gasteiger partial charge is 0.315 e. The number of amides is 3. The van der Waals surface area contributed by atoms with Crippen LogP contribution in [0.4, 0.5) is 4.79 Å². The van der Waals surface area contributed by atoms with Crippen LogP contribution in [0.5, 0.6) is 5.75 Å². The molecule has 0 saturated carbocycles. The van der Waals surface area contributed by atoms with Crippen molar-refractivity contribution in [3.63, 3.8) is 0 Å². The molecule has 1 aromatic rings. The number of rotatable bonds is 9. The molecule has 1 aromatic carbocycles. The zero-order valence-electron chi connectivity index (χ0n) is 15.1. The molecule has 1 rings (SSSR count). The number of hydrogen-bond donors (Lipinski definition) is 2. The Morgan fingerprint density at radius 1 is 1.17 bits per heavy atom. The minimum absolute atomic E-state index is 0.0519. The number of nitrogens with zero attached hydrogens (tertiary/aromatic N) is 1. The summed E-state index contributed by atoms with van der Waals surface area (Å²) in [6.07, 6.45) is 0.309. The van der Waals surface area contributed by atoms with E-state index in [1.165, 1.54) is 5.56 Å². The number of nitrogens with one attached hydrogen (secondary N) is 2. The number of hydrogen-bond acceptors (Lipinski definition) is 3. The van der Waals surface area contributed by atoms with Crippen LogP contribution in [0.25, 0.3) is 0 Å². The van der Waals surface area contributed by atoms with E-state index in [9.17, 15) is 9.59 Å². The van der Waals surface area contributed by atoms with Crippen LogP contribution in [0, 0.1) is 6.92 Å². The van der Waals surface area contributed by atoms with Gasteiger partial charge in [0.2, 0.25) is 5.91 Å². The maximum atomic E-state index is 11.8. The number of benzene rings is 1. The first kappa shape index (κ1) is 19.8. The van der Waals surface area contributed by atoms with E-state index < -0.39 is 0 Å². The summed E-state index contributed by atoms with van der Waals surface area (Å²) in [7, 11) is 0. The van der Waals surface area contributed by atoms with Crippen LogP contribution >= 0.6 is 0 Å². The minimum Gasteiger partial charge on any atom is -0.491 e. The molecule has 134 valence electrons. The fraction of sp³-hybridized carbons (Fsp3) is 0.556. The van der Waals surface area contributed by atoms with Crippen LogP contribution in [0.3, 0.4) is 0 Å². The van der Waals surface area contributed by atoms with Gasteiger partial charge in [-0.15, -0.1) is 0 Å². The lowest BCUT2D eigenvalue weighted by Gasteiger charge is -2.19. The minimum atomic E-state index is -0.289. The van der Waals surface area contributed by atoms with Crippen molar-refractivity contribution in [3.8, 4) is 5.75 Å². The molecule has 0 saturated heterocycles. The Morgan fingerprint density at radius 3 is 2.38 bits per heavy atom. The Balaban J connectivity index is 2.22. The fourth-order valence-corrected chi connectivity index (χ4v) is 2.19. The summed E-state index contributed by atoms with van der Waals surface area (Å²) in [6, 6.07) is 7.34. The van der Waals surface area contributed by atoms with Gasteiger partial charge in [0.05, 0.1) is 6.04 Å². The molecule has 0 unspecified atom stereocenters. The maximum Gasteiger partial charge on any atom is 0.315 e. The largest absolute Gasteiger partial charge is 0.491 e. The highest BCUT2D eigenvalue weighted by molar-refractivity contribution is 5.78. The molecule has 6 nitrogen and oxygen atoms in total. The van der Waals surface area contributed by atoms with Gasteiger partial charge in [-0.25, -0.2) is 4.79 Å². The molecular formula is C18H29N3O3. The van der Waals surface area contributed by atoms with Crippen LogP contribution < -0.4 is 15.4 Å². The second-order valence-electron chi connectivity index (χ2n) is 5.74. The van der Waals surface area contributed by atoms with Crippen LogP contribution in [0.1, 0.15) is 32.8 Å². The van der Waals surface area contributed by atoms with E-state index in [0.29, 0.717) is 32.7 Å². The first-order valence-corrected chi connectivity index (χ1v) is 8.47. The van der Waals surface area contributed by atoms with E-state index >= 15 is 0 Å². The summed E-state index contributed by atoms with van der Waals surface area (Å²) in [5, 5.41) is 5.49. The fourth-order valence-electron chi connectivity index (χ4n) is 2.19. The van der Waals surface area contributed by atoms with Crippen molar-refractivity contribution in [3.05, 3.63) is 29.8 Å². The molecule has 0 spiro atoms. The number of carbonyl (C=O) groups excluding carboxylic acids is 2. The molecule has 0 fully saturated rings. The highest BCUT2D eigenvalue weighted by atomic mass is 16.5. The molecule has 3 amide bonds. The molecule has 6 heteroatoms. The molecule has 0 aliphatic rings. The molecule has 0 aliphatic heterocycles.